The Hall–Kier alpha value is -3.55. The minimum absolute atomic E-state index is 0.0254. The number of hydrogen-bond acceptors (Lipinski definition) is 6. The van der Waals surface area contributed by atoms with Crippen molar-refractivity contribution in [3.8, 4) is 17.6 Å². The lowest BCUT2D eigenvalue weighted by Crippen LogP contribution is -2.27. The zero-order valence-electron chi connectivity index (χ0n) is 16.0. The van der Waals surface area contributed by atoms with E-state index in [0.717, 1.165) is 30.0 Å². The van der Waals surface area contributed by atoms with Crippen molar-refractivity contribution in [1.29, 1.82) is 5.26 Å². The number of nitrogens with one attached hydrogen (secondary N) is 1. The summed E-state index contributed by atoms with van der Waals surface area (Å²) >= 11 is 5.86. The smallest absolute Gasteiger partial charge is 0.297 e. The van der Waals surface area contributed by atoms with Crippen LogP contribution in [0.3, 0.4) is 0 Å². The molecule has 2 heterocycles. The van der Waals surface area contributed by atoms with Gasteiger partial charge in [-0.2, -0.15) is 5.26 Å². The van der Waals surface area contributed by atoms with Gasteiger partial charge in [0.05, 0.1) is 25.0 Å². The standard InChI is InChI=1S/C20H15ClF2N4O4/c1-10(22)17-18(31-15-5-13(21)4-12(6-24)16(15)23)20(30)27(9-25-17)7-11-2-3-14(8-28)26-19(11)29/h2-5,9-10,28H,7-8H2,1H3,(H,26,29). The number of nitrogens with zero attached hydrogens (tertiary/aromatic N) is 3. The van der Waals surface area contributed by atoms with Gasteiger partial charge < -0.3 is 14.8 Å². The van der Waals surface area contributed by atoms with Crippen LogP contribution >= 0.6 is 11.6 Å². The monoisotopic (exact) mass is 448 g/mol. The number of pyridine rings is 1. The third-order valence-electron chi connectivity index (χ3n) is 4.30. The van der Waals surface area contributed by atoms with Crippen molar-refractivity contribution >= 4 is 11.6 Å². The van der Waals surface area contributed by atoms with Crippen LogP contribution in [0.1, 0.15) is 35.6 Å². The van der Waals surface area contributed by atoms with E-state index in [9.17, 15) is 18.4 Å². The molecule has 11 heteroatoms. The summed E-state index contributed by atoms with van der Waals surface area (Å²) in [6.45, 7) is 0.506. The number of benzene rings is 1. The molecule has 0 aliphatic heterocycles. The van der Waals surface area contributed by atoms with Crippen LogP contribution in [-0.4, -0.2) is 19.6 Å². The Morgan fingerprint density at radius 3 is 2.74 bits per heavy atom. The molecule has 2 aromatic heterocycles. The molecular formula is C20H15ClF2N4O4. The van der Waals surface area contributed by atoms with E-state index >= 15 is 0 Å². The molecular weight excluding hydrogens is 434 g/mol. The summed E-state index contributed by atoms with van der Waals surface area (Å²) in [6, 6.07) is 6.61. The van der Waals surface area contributed by atoms with E-state index in [1.165, 1.54) is 12.1 Å². The third-order valence-corrected chi connectivity index (χ3v) is 4.52. The summed E-state index contributed by atoms with van der Waals surface area (Å²) < 4.78 is 34.9. The number of nitriles is 1. The Kier molecular flexibility index (Phi) is 6.48. The highest BCUT2D eigenvalue weighted by Crippen LogP contribution is 2.31. The number of halogens is 3. The van der Waals surface area contributed by atoms with Gasteiger partial charge >= 0.3 is 0 Å². The Morgan fingerprint density at radius 2 is 2.13 bits per heavy atom. The lowest BCUT2D eigenvalue weighted by atomic mass is 10.2. The molecule has 0 amide bonds. The molecule has 0 aliphatic carbocycles. The van der Waals surface area contributed by atoms with Gasteiger partial charge in [-0.15, -0.1) is 0 Å². The van der Waals surface area contributed by atoms with Gasteiger partial charge in [0.2, 0.25) is 5.75 Å². The van der Waals surface area contributed by atoms with Crippen LogP contribution in [-0.2, 0) is 13.2 Å². The number of aliphatic hydroxyl groups is 1. The minimum Gasteiger partial charge on any atom is -0.446 e. The quantitative estimate of drug-likeness (QED) is 0.598. The average Bonchev–Trinajstić information content (AvgIpc) is 2.74. The van der Waals surface area contributed by atoms with Gasteiger partial charge in [-0.25, -0.2) is 13.8 Å². The number of aromatic amines is 1. The molecule has 3 rings (SSSR count). The molecule has 8 nitrogen and oxygen atoms in total. The summed E-state index contributed by atoms with van der Waals surface area (Å²) in [5, 5.41) is 18.1. The van der Waals surface area contributed by atoms with Crippen molar-refractivity contribution in [2.45, 2.75) is 26.2 Å². The first-order chi connectivity index (χ1) is 14.7. The van der Waals surface area contributed by atoms with Crippen molar-refractivity contribution in [3.05, 3.63) is 84.7 Å². The summed E-state index contributed by atoms with van der Waals surface area (Å²) in [6.07, 6.45) is -0.697. The van der Waals surface area contributed by atoms with Gasteiger partial charge in [-0.3, -0.25) is 14.2 Å². The Labute approximate surface area is 178 Å². The first-order valence-electron chi connectivity index (χ1n) is 8.87. The van der Waals surface area contributed by atoms with Crippen molar-refractivity contribution in [2.75, 3.05) is 0 Å². The maximum absolute atomic E-state index is 14.5. The highest BCUT2D eigenvalue weighted by Gasteiger charge is 2.22. The topological polar surface area (TPSA) is 121 Å². The van der Waals surface area contributed by atoms with Crippen LogP contribution in [0.15, 0.2) is 40.2 Å². The Morgan fingerprint density at radius 1 is 1.39 bits per heavy atom. The number of aliphatic hydroxyl groups excluding tert-OH is 1. The van der Waals surface area contributed by atoms with Gasteiger partial charge in [-0.05, 0) is 25.1 Å². The molecule has 0 spiro atoms. The van der Waals surface area contributed by atoms with Crippen LogP contribution in [0.25, 0.3) is 0 Å². The second kappa shape index (κ2) is 9.07. The molecule has 0 aliphatic rings. The fourth-order valence-corrected chi connectivity index (χ4v) is 2.96. The van der Waals surface area contributed by atoms with E-state index in [2.05, 4.69) is 9.97 Å². The van der Waals surface area contributed by atoms with Crippen LogP contribution < -0.4 is 15.9 Å². The molecule has 1 aromatic carbocycles. The van der Waals surface area contributed by atoms with Crippen LogP contribution in [0, 0.1) is 17.1 Å². The summed E-state index contributed by atoms with van der Waals surface area (Å²) in [7, 11) is 0. The predicted octanol–water partition coefficient (Wildman–Crippen LogP) is 2.96. The molecule has 160 valence electrons. The van der Waals surface area contributed by atoms with Crippen molar-refractivity contribution in [2.24, 2.45) is 0 Å². The molecule has 0 saturated heterocycles. The van der Waals surface area contributed by atoms with E-state index in [1.54, 1.807) is 6.07 Å². The van der Waals surface area contributed by atoms with Crippen LogP contribution in [0.4, 0.5) is 8.78 Å². The second-order valence-corrected chi connectivity index (χ2v) is 6.92. The lowest BCUT2D eigenvalue weighted by molar-refractivity contribution is 0.276. The first-order valence-corrected chi connectivity index (χ1v) is 9.25. The number of hydrogen-bond donors (Lipinski definition) is 2. The zero-order valence-corrected chi connectivity index (χ0v) is 16.8. The maximum atomic E-state index is 14.5. The van der Waals surface area contributed by atoms with Crippen LogP contribution in [0.2, 0.25) is 5.02 Å². The summed E-state index contributed by atoms with van der Waals surface area (Å²) in [5.74, 6) is -2.23. The molecule has 1 atom stereocenters. The number of H-pyrrole nitrogens is 1. The highest BCUT2D eigenvalue weighted by molar-refractivity contribution is 6.30. The number of aromatic nitrogens is 3. The maximum Gasteiger partial charge on any atom is 0.297 e. The van der Waals surface area contributed by atoms with Crippen molar-refractivity contribution < 1.29 is 18.6 Å². The number of alkyl halides is 1. The number of ether oxygens (including phenoxy) is 1. The predicted molar refractivity (Wildman–Crippen MR) is 106 cm³/mol. The van der Waals surface area contributed by atoms with Gasteiger partial charge in [-0.1, -0.05) is 11.6 Å². The summed E-state index contributed by atoms with van der Waals surface area (Å²) in [4.78, 5) is 31.4. The second-order valence-electron chi connectivity index (χ2n) is 6.48. The molecule has 31 heavy (non-hydrogen) atoms. The van der Waals surface area contributed by atoms with E-state index in [0.29, 0.717) is 0 Å². The number of rotatable bonds is 6. The third kappa shape index (κ3) is 4.63. The van der Waals surface area contributed by atoms with Gasteiger partial charge in [0.25, 0.3) is 11.1 Å². The molecule has 2 N–H and O–H groups in total. The zero-order chi connectivity index (χ0) is 22.7. The van der Waals surface area contributed by atoms with E-state index in [-0.39, 0.29) is 35.1 Å². The molecule has 0 bridgehead atoms. The molecule has 3 aromatic rings. The SMILES string of the molecule is CC(F)c1ncn(Cc2ccc(CO)[nH]c2=O)c(=O)c1Oc1cc(Cl)cc(C#N)c1F. The minimum atomic E-state index is -1.73. The van der Waals surface area contributed by atoms with Gasteiger partial charge in [0.1, 0.15) is 17.9 Å². The first kappa shape index (κ1) is 22.1. The highest BCUT2D eigenvalue weighted by atomic mass is 35.5. The molecule has 0 radical (unpaired) electrons. The molecule has 0 fully saturated rings. The van der Waals surface area contributed by atoms with Crippen molar-refractivity contribution in [3.63, 3.8) is 0 Å². The van der Waals surface area contributed by atoms with Crippen molar-refractivity contribution in [1.82, 2.24) is 14.5 Å². The van der Waals surface area contributed by atoms with E-state index in [4.69, 9.17) is 26.7 Å². The van der Waals surface area contributed by atoms with Crippen LogP contribution in [0.5, 0.6) is 11.5 Å². The molecule has 0 saturated carbocycles. The molecule has 1 unspecified atom stereocenters. The average molecular weight is 449 g/mol. The fraction of sp³-hybridized carbons (Fsp3) is 0.200. The van der Waals surface area contributed by atoms with Gasteiger partial charge in [0, 0.05) is 22.3 Å². The Bertz CT molecular complexity index is 1300. The largest absolute Gasteiger partial charge is 0.446 e. The fourth-order valence-electron chi connectivity index (χ4n) is 2.75. The van der Waals surface area contributed by atoms with E-state index < -0.39 is 40.2 Å². The Balaban J connectivity index is 2.09. The normalized spacial score (nSPS) is 11.7. The van der Waals surface area contributed by atoms with E-state index in [1.807, 2.05) is 0 Å². The summed E-state index contributed by atoms with van der Waals surface area (Å²) in [5.41, 5.74) is -1.77. The lowest BCUT2D eigenvalue weighted by Gasteiger charge is -2.14. The van der Waals surface area contributed by atoms with Gasteiger partial charge in [0.15, 0.2) is 11.6 Å².